The first-order valence-electron chi connectivity index (χ1n) is 8.30. The first-order chi connectivity index (χ1) is 10.2. The minimum Gasteiger partial charge on any atom is -0.409 e. The Labute approximate surface area is 127 Å². The number of hydrogen-bond donors (Lipinski definition) is 2. The number of ether oxygens (including phenoxy) is 1. The van der Waals surface area contributed by atoms with E-state index in [1.165, 1.54) is 12.8 Å². The van der Waals surface area contributed by atoms with Crippen LogP contribution in [-0.2, 0) is 4.74 Å². The molecule has 2 aliphatic heterocycles. The van der Waals surface area contributed by atoms with Crippen LogP contribution in [0.4, 0.5) is 0 Å². The third kappa shape index (κ3) is 4.83. The van der Waals surface area contributed by atoms with E-state index in [2.05, 4.69) is 21.9 Å². The van der Waals surface area contributed by atoms with Gasteiger partial charge < -0.3 is 20.6 Å². The van der Waals surface area contributed by atoms with Crippen molar-refractivity contribution in [2.75, 3.05) is 39.3 Å². The SMILES string of the molecule is CCCC(C(N)=NO)N1CCN(CCC2CCCO2)CC1. The average molecular weight is 298 g/mol. The lowest BCUT2D eigenvalue weighted by Gasteiger charge is -2.39. The zero-order valence-electron chi connectivity index (χ0n) is 13.2. The quantitative estimate of drug-likeness (QED) is 0.318. The van der Waals surface area contributed by atoms with Crippen LogP contribution in [0.1, 0.15) is 39.0 Å². The number of nitrogens with zero attached hydrogens (tertiary/aromatic N) is 3. The molecule has 122 valence electrons. The Morgan fingerprint density at radius 1 is 1.38 bits per heavy atom. The van der Waals surface area contributed by atoms with Crippen LogP contribution in [0.5, 0.6) is 0 Å². The lowest BCUT2D eigenvalue weighted by Crippen LogP contribution is -2.54. The molecule has 0 spiro atoms. The van der Waals surface area contributed by atoms with Crippen molar-refractivity contribution in [2.45, 2.75) is 51.2 Å². The Hall–Kier alpha value is -0.850. The van der Waals surface area contributed by atoms with E-state index in [0.717, 1.165) is 58.6 Å². The van der Waals surface area contributed by atoms with E-state index in [0.29, 0.717) is 11.9 Å². The lowest BCUT2D eigenvalue weighted by atomic mass is 10.1. The van der Waals surface area contributed by atoms with Gasteiger partial charge in [-0.3, -0.25) is 4.90 Å². The van der Waals surface area contributed by atoms with Crippen LogP contribution in [0, 0.1) is 0 Å². The predicted molar refractivity (Wildman–Crippen MR) is 83.7 cm³/mol. The summed E-state index contributed by atoms with van der Waals surface area (Å²) in [6, 6.07) is 0.0836. The van der Waals surface area contributed by atoms with Crippen molar-refractivity contribution in [3.63, 3.8) is 0 Å². The van der Waals surface area contributed by atoms with E-state index >= 15 is 0 Å². The topological polar surface area (TPSA) is 74.3 Å². The molecular weight excluding hydrogens is 268 g/mol. The van der Waals surface area contributed by atoms with Gasteiger partial charge in [-0.05, 0) is 25.7 Å². The molecule has 2 rings (SSSR count). The van der Waals surface area contributed by atoms with E-state index in [1.807, 2.05) is 0 Å². The maximum absolute atomic E-state index is 8.93. The molecule has 2 unspecified atom stereocenters. The minimum atomic E-state index is 0.0836. The molecule has 0 amide bonds. The Morgan fingerprint density at radius 3 is 2.71 bits per heavy atom. The van der Waals surface area contributed by atoms with Crippen LogP contribution in [0.15, 0.2) is 5.16 Å². The molecule has 0 bridgehead atoms. The summed E-state index contributed by atoms with van der Waals surface area (Å²) in [5.41, 5.74) is 5.84. The molecule has 6 heteroatoms. The second kappa shape index (κ2) is 8.56. The van der Waals surface area contributed by atoms with Crippen LogP contribution in [0.25, 0.3) is 0 Å². The Balaban J connectivity index is 1.73. The fraction of sp³-hybridized carbons (Fsp3) is 0.933. The summed E-state index contributed by atoms with van der Waals surface area (Å²) in [5.74, 6) is 0.352. The van der Waals surface area contributed by atoms with Gasteiger partial charge in [-0.2, -0.15) is 0 Å². The van der Waals surface area contributed by atoms with Gasteiger partial charge in [0.1, 0.15) is 0 Å². The van der Waals surface area contributed by atoms with Crippen LogP contribution < -0.4 is 5.73 Å². The summed E-state index contributed by atoms with van der Waals surface area (Å²) >= 11 is 0. The molecular formula is C15H30N4O2. The Bertz CT molecular complexity index is 324. The van der Waals surface area contributed by atoms with Crippen LogP contribution in [-0.4, -0.2) is 72.3 Å². The normalized spacial score (nSPS) is 27.1. The monoisotopic (exact) mass is 298 g/mol. The van der Waals surface area contributed by atoms with Gasteiger partial charge in [0.25, 0.3) is 0 Å². The zero-order valence-corrected chi connectivity index (χ0v) is 13.2. The lowest BCUT2D eigenvalue weighted by molar-refractivity contribution is 0.0724. The van der Waals surface area contributed by atoms with E-state index in [4.69, 9.17) is 15.7 Å². The third-order valence-corrected chi connectivity index (χ3v) is 4.66. The summed E-state index contributed by atoms with van der Waals surface area (Å²) in [7, 11) is 0. The molecule has 6 nitrogen and oxygen atoms in total. The van der Waals surface area contributed by atoms with Gasteiger partial charge in [0, 0.05) is 39.3 Å². The molecule has 3 N–H and O–H groups in total. The largest absolute Gasteiger partial charge is 0.409 e. The number of hydrogen-bond acceptors (Lipinski definition) is 5. The highest BCUT2D eigenvalue weighted by atomic mass is 16.5. The molecule has 2 saturated heterocycles. The highest BCUT2D eigenvalue weighted by molar-refractivity contribution is 5.85. The van der Waals surface area contributed by atoms with Gasteiger partial charge >= 0.3 is 0 Å². The molecule has 0 aliphatic carbocycles. The van der Waals surface area contributed by atoms with Gasteiger partial charge in [0.2, 0.25) is 0 Å². The van der Waals surface area contributed by atoms with E-state index in [9.17, 15) is 0 Å². The number of nitrogens with two attached hydrogens (primary N) is 1. The Morgan fingerprint density at radius 2 is 2.14 bits per heavy atom. The fourth-order valence-electron chi connectivity index (χ4n) is 3.35. The third-order valence-electron chi connectivity index (χ3n) is 4.66. The van der Waals surface area contributed by atoms with Gasteiger partial charge in [0.05, 0.1) is 12.1 Å². The van der Waals surface area contributed by atoms with Crippen molar-refractivity contribution in [3.8, 4) is 0 Å². The summed E-state index contributed by atoms with van der Waals surface area (Å²) in [6.45, 7) is 8.31. The zero-order chi connectivity index (χ0) is 15.1. The van der Waals surface area contributed by atoms with Crippen LogP contribution >= 0.6 is 0 Å². The van der Waals surface area contributed by atoms with Gasteiger partial charge in [-0.25, -0.2) is 0 Å². The minimum absolute atomic E-state index is 0.0836. The number of amidine groups is 1. The molecule has 2 atom stereocenters. The second-order valence-corrected chi connectivity index (χ2v) is 6.13. The highest BCUT2D eigenvalue weighted by Crippen LogP contribution is 2.17. The number of piperazine rings is 1. The van der Waals surface area contributed by atoms with Crippen molar-refractivity contribution in [1.29, 1.82) is 0 Å². The fourth-order valence-corrected chi connectivity index (χ4v) is 3.35. The second-order valence-electron chi connectivity index (χ2n) is 6.13. The van der Waals surface area contributed by atoms with Crippen molar-refractivity contribution >= 4 is 5.84 Å². The smallest absolute Gasteiger partial charge is 0.156 e. The first kappa shape index (κ1) is 16.5. The van der Waals surface area contributed by atoms with Crippen LogP contribution in [0.2, 0.25) is 0 Å². The van der Waals surface area contributed by atoms with Gasteiger partial charge in [-0.1, -0.05) is 18.5 Å². The van der Waals surface area contributed by atoms with E-state index in [1.54, 1.807) is 0 Å². The molecule has 21 heavy (non-hydrogen) atoms. The summed E-state index contributed by atoms with van der Waals surface area (Å²) < 4.78 is 5.68. The molecule has 2 heterocycles. The van der Waals surface area contributed by atoms with E-state index in [-0.39, 0.29) is 6.04 Å². The van der Waals surface area contributed by atoms with Crippen molar-refractivity contribution in [2.24, 2.45) is 10.9 Å². The summed E-state index contributed by atoms with van der Waals surface area (Å²) in [5, 5.41) is 12.1. The predicted octanol–water partition coefficient (Wildman–Crippen LogP) is 1.09. The standard InChI is InChI=1S/C15H30N4O2/c1-2-4-14(15(16)17-20)19-10-8-18(9-11-19)7-6-13-5-3-12-21-13/h13-14,20H,2-12H2,1H3,(H2,16,17). The molecule has 2 fully saturated rings. The highest BCUT2D eigenvalue weighted by Gasteiger charge is 2.26. The Kier molecular flexibility index (Phi) is 6.73. The van der Waals surface area contributed by atoms with Crippen LogP contribution in [0.3, 0.4) is 0 Å². The molecule has 0 aromatic rings. The molecule has 0 saturated carbocycles. The summed E-state index contributed by atoms with van der Waals surface area (Å²) in [6.07, 6.45) is 6.07. The van der Waals surface area contributed by atoms with Gasteiger partial charge in [0.15, 0.2) is 5.84 Å². The number of oxime groups is 1. The molecule has 0 aromatic carbocycles. The maximum Gasteiger partial charge on any atom is 0.156 e. The molecule has 0 radical (unpaired) electrons. The van der Waals surface area contributed by atoms with Crippen molar-refractivity contribution < 1.29 is 9.94 Å². The first-order valence-corrected chi connectivity index (χ1v) is 8.30. The number of rotatable bonds is 7. The van der Waals surface area contributed by atoms with Crippen molar-refractivity contribution in [3.05, 3.63) is 0 Å². The van der Waals surface area contributed by atoms with Crippen molar-refractivity contribution in [1.82, 2.24) is 9.80 Å². The molecule has 2 aliphatic rings. The summed E-state index contributed by atoms with van der Waals surface area (Å²) in [4.78, 5) is 4.86. The van der Waals surface area contributed by atoms with Gasteiger partial charge in [-0.15, -0.1) is 0 Å². The van der Waals surface area contributed by atoms with E-state index < -0.39 is 0 Å². The average Bonchev–Trinajstić information content (AvgIpc) is 3.04. The molecule has 0 aromatic heterocycles. The maximum atomic E-state index is 8.93.